The molecule has 0 aliphatic carbocycles. The van der Waals surface area contributed by atoms with Gasteiger partial charge in [0.1, 0.15) is 0 Å². The molecule has 0 N–H and O–H groups in total. The van der Waals surface area contributed by atoms with Crippen molar-refractivity contribution in [3.63, 3.8) is 0 Å². The Bertz CT molecular complexity index is 2180. The first kappa shape index (κ1) is 24.6. The number of benzene rings is 5. The van der Waals surface area contributed by atoms with Gasteiger partial charge in [-0.2, -0.15) is 0 Å². The van der Waals surface area contributed by atoms with E-state index in [-0.39, 0.29) is 9.79 Å². The van der Waals surface area contributed by atoms with E-state index in [0.29, 0.717) is 32.8 Å². The maximum atomic E-state index is 14.1. The van der Waals surface area contributed by atoms with Gasteiger partial charge in [0.25, 0.3) is 20.0 Å². The molecule has 0 aliphatic heterocycles. The molecule has 0 amide bonds. The molecular weight excluding hydrogens is 540 g/mol. The van der Waals surface area contributed by atoms with E-state index in [1.54, 1.807) is 72.8 Å². The Balaban J connectivity index is 1.65. The minimum atomic E-state index is -3.96. The third kappa shape index (κ3) is 3.39. The van der Waals surface area contributed by atoms with E-state index in [1.165, 1.54) is 7.94 Å². The van der Waals surface area contributed by atoms with Crippen LogP contribution in [-0.2, 0) is 20.0 Å². The second-order valence-corrected chi connectivity index (χ2v) is 13.6. The maximum Gasteiger partial charge on any atom is 0.268 e. The minimum Gasteiger partial charge on any atom is -0.233 e. The van der Waals surface area contributed by atoms with E-state index in [1.807, 2.05) is 50.2 Å². The van der Waals surface area contributed by atoms with Crippen LogP contribution >= 0.6 is 0 Å². The first-order valence-electron chi connectivity index (χ1n) is 12.8. The minimum absolute atomic E-state index is 0.185. The highest BCUT2D eigenvalue weighted by molar-refractivity contribution is 7.90. The third-order valence-electron chi connectivity index (χ3n) is 7.50. The van der Waals surface area contributed by atoms with Crippen molar-refractivity contribution < 1.29 is 16.8 Å². The molecule has 7 aromatic rings. The van der Waals surface area contributed by atoms with E-state index in [9.17, 15) is 16.8 Å². The lowest BCUT2D eigenvalue weighted by molar-refractivity contribution is 0.588. The van der Waals surface area contributed by atoms with Crippen LogP contribution in [0, 0.1) is 13.8 Å². The van der Waals surface area contributed by atoms with Crippen LogP contribution in [-0.4, -0.2) is 24.8 Å². The van der Waals surface area contributed by atoms with E-state index >= 15 is 0 Å². The third-order valence-corrected chi connectivity index (χ3v) is 11.0. The Hall–Kier alpha value is -4.40. The summed E-state index contributed by atoms with van der Waals surface area (Å²) in [5.74, 6) is 0. The van der Waals surface area contributed by atoms with E-state index in [2.05, 4.69) is 0 Å². The van der Waals surface area contributed by atoms with Crippen molar-refractivity contribution >= 4 is 63.7 Å². The van der Waals surface area contributed by atoms with Gasteiger partial charge in [-0.15, -0.1) is 0 Å². The van der Waals surface area contributed by atoms with Crippen LogP contribution in [0.5, 0.6) is 0 Å². The van der Waals surface area contributed by atoms with Crippen molar-refractivity contribution in [3.05, 3.63) is 120 Å². The van der Waals surface area contributed by atoms with Crippen molar-refractivity contribution in [3.8, 4) is 0 Å². The number of nitrogens with zero attached hydrogens (tertiary/aromatic N) is 2. The summed E-state index contributed by atoms with van der Waals surface area (Å²) in [6.45, 7) is 3.82. The molecule has 6 nitrogen and oxygen atoms in total. The van der Waals surface area contributed by atoms with Gasteiger partial charge in [0.05, 0.1) is 31.9 Å². The molecule has 7 rings (SSSR count). The van der Waals surface area contributed by atoms with Gasteiger partial charge in [-0.3, -0.25) is 0 Å². The average molecular weight is 565 g/mol. The Labute approximate surface area is 231 Å². The highest BCUT2D eigenvalue weighted by Gasteiger charge is 2.28. The fourth-order valence-corrected chi connectivity index (χ4v) is 8.64. The number of aromatic nitrogens is 2. The predicted octanol–water partition coefficient (Wildman–Crippen LogP) is 6.99. The van der Waals surface area contributed by atoms with Crippen molar-refractivity contribution in [1.82, 2.24) is 7.94 Å². The van der Waals surface area contributed by atoms with Gasteiger partial charge >= 0.3 is 0 Å². The molecule has 0 atom stereocenters. The topological polar surface area (TPSA) is 78.1 Å². The number of fused-ring (bicyclic) bond motifs is 7. The summed E-state index contributed by atoms with van der Waals surface area (Å²) in [4.78, 5) is 0.371. The zero-order valence-electron chi connectivity index (χ0n) is 21.7. The number of rotatable bonds is 4. The SMILES string of the molecule is Cc1ccc(S(=O)(=O)n2c3ccccc3c3c4c5ccccc5n(S(=O)(=O)c5ccc(C)cc5)c4ccc32)cc1. The van der Waals surface area contributed by atoms with Crippen LogP contribution in [0.4, 0.5) is 0 Å². The van der Waals surface area contributed by atoms with Gasteiger partial charge in [-0.05, 0) is 62.4 Å². The lowest BCUT2D eigenvalue weighted by Gasteiger charge is -2.11. The molecule has 5 aromatic carbocycles. The van der Waals surface area contributed by atoms with Crippen molar-refractivity contribution in [2.45, 2.75) is 23.6 Å². The highest BCUT2D eigenvalue weighted by Crippen LogP contribution is 2.42. The summed E-state index contributed by atoms with van der Waals surface area (Å²) < 4.78 is 59.0. The van der Waals surface area contributed by atoms with Crippen LogP contribution < -0.4 is 0 Å². The maximum absolute atomic E-state index is 14.1. The van der Waals surface area contributed by atoms with Gasteiger partial charge in [0, 0.05) is 21.5 Å². The van der Waals surface area contributed by atoms with Crippen LogP contribution in [0.15, 0.2) is 119 Å². The summed E-state index contributed by atoms with van der Waals surface area (Å²) in [7, 11) is -7.93. The van der Waals surface area contributed by atoms with Gasteiger partial charge in [-0.1, -0.05) is 71.8 Å². The summed E-state index contributed by atoms with van der Waals surface area (Å²) in [6.07, 6.45) is 0. The lowest BCUT2D eigenvalue weighted by Crippen LogP contribution is -2.13. The van der Waals surface area contributed by atoms with E-state index in [0.717, 1.165) is 21.9 Å². The smallest absolute Gasteiger partial charge is 0.233 e. The van der Waals surface area contributed by atoms with Gasteiger partial charge < -0.3 is 0 Å². The summed E-state index contributed by atoms with van der Waals surface area (Å²) in [5, 5.41) is 2.85. The number of hydrogen-bond donors (Lipinski definition) is 0. The van der Waals surface area contributed by atoms with Gasteiger partial charge in [0.15, 0.2) is 0 Å². The molecule has 0 bridgehead atoms. The molecule has 0 saturated carbocycles. The number of para-hydroxylation sites is 2. The predicted molar refractivity (Wildman–Crippen MR) is 160 cm³/mol. The van der Waals surface area contributed by atoms with E-state index < -0.39 is 20.0 Å². The molecule has 8 heteroatoms. The molecule has 0 saturated heterocycles. The monoisotopic (exact) mass is 564 g/mol. The molecule has 2 heterocycles. The second-order valence-electron chi connectivity index (χ2n) is 10.1. The number of aryl methyl sites for hydroxylation is 2. The molecule has 198 valence electrons. The quantitative estimate of drug-likeness (QED) is 0.231. The lowest BCUT2D eigenvalue weighted by atomic mass is 10.1. The van der Waals surface area contributed by atoms with Gasteiger partial charge in [0.2, 0.25) is 0 Å². The molecule has 0 spiro atoms. The van der Waals surface area contributed by atoms with Crippen LogP contribution in [0.3, 0.4) is 0 Å². The normalized spacial score (nSPS) is 12.7. The molecule has 0 fully saturated rings. The Morgan fingerprint density at radius 3 is 1.15 bits per heavy atom. The van der Waals surface area contributed by atoms with Crippen molar-refractivity contribution in [2.24, 2.45) is 0 Å². The number of hydrogen-bond acceptors (Lipinski definition) is 4. The summed E-state index contributed by atoms with van der Waals surface area (Å²) >= 11 is 0. The fourth-order valence-electron chi connectivity index (χ4n) is 5.60. The van der Waals surface area contributed by atoms with Crippen LogP contribution in [0.25, 0.3) is 43.6 Å². The summed E-state index contributed by atoms with van der Waals surface area (Å²) in [5.41, 5.74) is 3.97. The molecular formula is C32H24N2O4S2. The molecule has 2 aromatic heterocycles. The first-order chi connectivity index (χ1) is 19.2. The second kappa shape index (κ2) is 8.55. The molecule has 0 unspecified atom stereocenters. The zero-order valence-corrected chi connectivity index (χ0v) is 23.4. The van der Waals surface area contributed by atoms with Crippen LogP contribution in [0.2, 0.25) is 0 Å². The Kier molecular flexibility index (Phi) is 5.26. The average Bonchev–Trinajstić information content (AvgIpc) is 3.47. The highest BCUT2D eigenvalue weighted by atomic mass is 32.2. The fraction of sp³-hybridized carbons (Fsp3) is 0.0625. The van der Waals surface area contributed by atoms with Crippen LogP contribution in [0.1, 0.15) is 11.1 Å². The molecule has 0 radical (unpaired) electrons. The molecule has 40 heavy (non-hydrogen) atoms. The Morgan fingerprint density at radius 2 is 0.775 bits per heavy atom. The Morgan fingerprint density at radius 1 is 0.425 bits per heavy atom. The van der Waals surface area contributed by atoms with Crippen molar-refractivity contribution in [1.29, 1.82) is 0 Å². The standard InChI is InChI=1S/C32H24N2O4S2/c1-21-11-15-23(16-12-21)39(35,36)33-27-9-5-3-7-25(27)31-29(33)19-20-30-32(31)26-8-4-6-10-28(26)34(30)40(37,38)24-17-13-22(2)14-18-24/h3-20H,1-2H3. The molecule has 0 aliphatic rings. The first-order valence-corrected chi connectivity index (χ1v) is 15.7. The largest absolute Gasteiger partial charge is 0.268 e. The van der Waals surface area contributed by atoms with Crippen molar-refractivity contribution in [2.75, 3.05) is 0 Å². The zero-order chi connectivity index (χ0) is 27.8. The summed E-state index contributed by atoms with van der Waals surface area (Å²) in [6, 6.07) is 31.7. The van der Waals surface area contributed by atoms with Gasteiger partial charge in [-0.25, -0.2) is 24.8 Å². The van der Waals surface area contributed by atoms with E-state index in [4.69, 9.17) is 0 Å².